The molecule has 2 aromatic rings. The van der Waals surface area contributed by atoms with Crippen LogP contribution in [0.15, 0.2) is 24.4 Å². The molecule has 6 nitrogen and oxygen atoms in total. The van der Waals surface area contributed by atoms with E-state index in [1.54, 1.807) is 6.20 Å². The van der Waals surface area contributed by atoms with Crippen molar-refractivity contribution in [1.82, 2.24) is 9.88 Å². The Labute approximate surface area is 144 Å². The molecule has 2 atom stereocenters. The molecule has 1 aromatic carbocycles. The normalized spacial score (nSPS) is 22.7. The van der Waals surface area contributed by atoms with Gasteiger partial charge in [-0.2, -0.15) is 0 Å². The van der Waals surface area contributed by atoms with Crippen LogP contribution in [0.1, 0.15) is 23.5 Å². The Balaban J connectivity index is 1.55. The second-order valence-electron chi connectivity index (χ2n) is 6.07. The summed E-state index contributed by atoms with van der Waals surface area (Å²) in [4.78, 5) is 19.6. The van der Waals surface area contributed by atoms with E-state index in [2.05, 4.69) is 4.98 Å². The summed E-state index contributed by atoms with van der Waals surface area (Å²) in [5.74, 6) is 1.47. The van der Waals surface area contributed by atoms with Crippen LogP contribution in [0.5, 0.6) is 11.5 Å². The molecule has 0 aliphatic carbocycles. The van der Waals surface area contributed by atoms with Gasteiger partial charge in [-0.3, -0.25) is 4.79 Å². The fourth-order valence-electron chi connectivity index (χ4n) is 3.04. The van der Waals surface area contributed by atoms with Gasteiger partial charge in [0.05, 0.1) is 18.4 Å². The largest absolute Gasteiger partial charge is 0.454 e. The number of hydrogen-bond acceptors (Lipinski definition) is 6. The third kappa shape index (κ3) is 2.85. The standard InChI is InChI=1S/C17H18N2O4S/c1-10-7-19(8-11(2)23-10)17(20)15-6-18-16(24-15)12-3-4-13-14(5-12)22-9-21-13/h3-6,10-11H,7-9H2,1-2H3/t10-,11-/m0/s1. The second kappa shape index (κ2) is 6.07. The number of nitrogens with zero attached hydrogens (tertiary/aromatic N) is 2. The minimum Gasteiger partial charge on any atom is -0.454 e. The minimum atomic E-state index is 0.0153. The maximum absolute atomic E-state index is 12.7. The van der Waals surface area contributed by atoms with Gasteiger partial charge in [0, 0.05) is 18.7 Å². The number of rotatable bonds is 2. The van der Waals surface area contributed by atoms with E-state index in [9.17, 15) is 4.79 Å². The second-order valence-corrected chi connectivity index (χ2v) is 7.10. The van der Waals surface area contributed by atoms with Crippen LogP contribution in [-0.4, -0.2) is 47.9 Å². The summed E-state index contributed by atoms with van der Waals surface area (Å²) in [6, 6.07) is 5.69. The maximum Gasteiger partial charge on any atom is 0.265 e. The first-order valence-corrected chi connectivity index (χ1v) is 8.72. The van der Waals surface area contributed by atoms with Crippen LogP contribution in [0.2, 0.25) is 0 Å². The van der Waals surface area contributed by atoms with Crippen LogP contribution in [0.4, 0.5) is 0 Å². The number of morpholine rings is 1. The molecule has 7 heteroatoms. The zero-order chi connectivity index (χ0) is 16.7. The van der Waals surface area contributed by atoms with Gasteiger partial charge in [-0.25, -0.2) is 4.98 Å². The molecule has 0 radical (unpaired) electrons. The Hall–Kier alpha value is -2.12. The lowest BCUT2D eigenvalue weighted by atomic mass is 10.2. The molecular formula is C17H18N2O4S. The molecule has 2 aliphatic rings. The predicted molar refractivity (Wildman–Crippen MR) is 89.6 cm³/mol. The molecule has 126 valence electrons. The van der Waals surface area contributed by atoms with Crippen LogP contribution >= 0.6 is 11.3 Å². The molecule has 24 heavy (non-hydrogen) atoms. The van der Waals surface area contributed by atoms with E-state index in [1.165, 1.54) is 11.3 Å². The van der Waals surface area contributed by atoms with Crippen LogP contribution in [0.25, 0.3) is 10.6 Å². The van der Waals surface area contributed by atoms with E-state index in [0.29, 0.717) is 23.7 Å². The lowest BCUT2D eigenvalue weighted by Crippen LogP contribution is -2.48. The molecule has 0 N–H and O–H groups in total. The van der Waals surface area contributed by atoms with Crippen molar-refractivity contribution < 1.29 is 19.0 Å². The van der Waals surface area contributed by atoms with Crippen molar-refractivity contribution in [2.75, 3.05) is 19.9 Å². The molecule has 1 aromatic heterocycles. The number of amides is 1. The van der Waals surface area contributed by atoms with Crippen molar-refractivity contribution in [3.05, 3.63) is 29.3 Å². The Morgan fingerprint density at radius 1 is 1.21 bits per heavy atom. The fraction of sp³-hybridized carbons (Fsp3) is 0.412. The first-order chi connectivity index (χ1) is 11.6. The van der Waals surface area contributed by atoms with E-state index >= 15 is 0 Å². The third-order valence-corrected chi connectivity index (χ3v) is 5.08. The van der Waals surface area contributed by atoms with Gasteiger partial charge < -0.3 is 19.1 Å². The number of carbonyl (C=O) groups is 1. The van der Waals surface area contributed by atoms with Gasteiger partial charge in [-0.1, -0.05) is 0 Å². The highest BCUT2D eigenvalue weighted by molar-refractivity contribution is 7.16. The van der Waals surface area contributed by atoms with Crippen molar-refractivity contribution in [3.63, 3.8) is 0 Å². The van der Waals surface area contributed by atoms with Crippen molar-refractivity contribution in [2.45, 2.75) is 26.1 Å². The van der Waals surface area contributed by atoms with Gasteiger partial charge in [0.1, 0.15) is 9.88 Å². The highest BCUT2D eigenvalue weighted by Crippen LogP contribution is 2.37. The third-order valence-electron chi connectivity index (χ3n) is 4.04. The molecule has 0 spiro atoms. The topological polar surface area (TPSA) is 60.9 Å². The van der Waals surface area contributed by atoms with Crippen molar-refractivity contribution in [3.8, 4) is 22.1 Å². The van der Waals surface area contributed by atoms with E-state index in [1.807, 2.05) is 36.9 Å². The van der Waals surface area contributed by atoms with E-state index in [0.717, 1.165) is 16.3 Å². The summed E-state index contributed by atoms with van der Waals surface area (Å²) in [7, 11) is 0. The lowest BCUT2D eigenvalue weighted by molar-refractivity contribution is -0.0585. The predicted octanol–water partition coefficient (Wildman–Crippen LogP) is 2.79. The summed E-state index contributed by atoms with van der Waals surface area (Å²) in [6.45, 7) is 5.44. The van der Waals surface area contributed by atoms with Gasteiger partial charge in [-0.15, -0.1) is 11.3 Å². The Morgan fingerprint density at radius 3 is 2.75 bits per heavy atom. The van der Waals surface area contributed by atoms with Crippen LogP contribution in [0.3, 0.4) is 0 Å². The van der Waals surface area contributed by atoms with Gasteiger partial charge in [0.2, 0.25) is 6.79 Å². The first-order valence-electron chi connectivity index (χ1n) is 7.91. The van der Waals surface area contributed by atoms with E-state index in [4.69, 9.17) is 14.2 Å². The number of thiazole rings is 1. The van der Waals surface area contributed by atoms with E-state index in [-0.39, 0.29) is 24.9 Å². The fourth-order valence-corrected chi connectivity index (χ4v) is 3.92. The lowest BCUT2D eigenvalue weighted by Gasteiger charge is -2.35. The van der Waals surface area contributed by atoms with Crippen LogP contribution < -0.4 is 9.47 Å². The molecule has 3 heterocycles. The number of benzene rings is 1. The molecule has 1 amide bonds. The number of fused-ring (bicyclic) bond motifs is 1. The summed E-state index contributed by atoms with van der Waals surface area (Å²) >= 11 is 1.40. The number of ether oxygens (including phenoxy) is 3. The molecule has 4 rings (SSSR count). The monoisotopic (exact) mass is 346 g/mol. The number of hydrogen-bond donors (Lipinski definition) is 0. The minimum absolute atomic E-state index is 0.0153. The van der Waals surface area contributed by atoms with Crippen molar-refractivity contribution >= 4 is 17.2 Å². The SMILES string of the molecule is C[C@H]1CN(C(=O)c2cnc(-c3ccc4c(c3)OCO4)s2)C[C@H](C)O1. The van der Waals surface area contributed by atoms with Crippen molar-refractivity contribution in [2.24, 2.45) is 0 Å². The smallest absolute Gasteiger partial charge is 0.265 e. The maximum atomic E-state index is 12.7. The quantitative estimate of drug-likeness (QED) is 0.837. The molecule has 0 unspecified atom stereocenters. The van der Waals surface area contributed by atoms with Crippen molar-refractivity contribution in [1.29, 1.82) is 0 Å². The average molecular weight is 346 g/mol. The first kappa shape index (κ1) is 15.4. The molecule has 1 fully saturated rings. The van der Waals surface area contributed by atoms with E-state index < -0.39 is 0 Å². The summed E-state index contributed by atoms with van der Waals surface area (Å²) in [6.07, 6.45) is 1.76. The molecular weight excluding hydrogens is 328 g/mol. The Morgan fingerprint density at radius 2 is 1.96 bits per heavy atom. The molecule has 0 saturated carbocycles. The zero-order valence-electron chi connectivity index (χ0n) is 13.5. The number of carbonyl (C=O) groups excluding carboxylic acids is 1. The number of aromatic nitrogens is 1. The van der Waals surface area contributed by atoms with Gasteiger partial charge in [0.15, 0.2) is 11.5 Å². The Kier molecular flexibility index (Phi) is 3.90. The Bertz CT molecular complexity index is 766. The van der Waals surface area contributed by atoms with Gasteiger partial charge in [-0.05, 0) is 32.0 Å². The van der Waals surface area contributed by atoms with Gasteiger partial charge >= 0.3 is 0 Å². The van der Waals surface area contributed by atoms with Crippen LogP contribution in [0, 0.1) is 0 Å². The van der Waals surface area contributed by atoms with Crippen LogP contribution in [-0.2, 0) is 4.74 Å². The van der Waals surface area contributed by atoms with Gasteiger partial charge in [0.25, 0.3) is 5.91 Å². The average Bonchev–Trinajstić information content (AvgIpc) is 3.21. The zero-order valence-corrected chi connectivity index (χ0v) is 14.3. The summed E-state index contributed by atoms with van der Waals surface area (Å²) in [5.41, 5.74) is 0.923. The highest BCUT2D eigenvalue weighted by atomic mass is 32.1. The molecule has 2 aliphatic heterocycles. The summed E-state index contributed by atoms with van der Waals surface area (Å²) < 4.78 is 16.4. The molecule has 0 bridgehead atoms. The summed E-state index contributed by atoms with van der Waals surface area (Å²) in [5, 5.41) is 0.797. The molecule has 1 saturated heterocycles. The highest BCUT2D eigenvalue weighted by Gasteiger charge is 2.28.